The Hall–Kier alpha value is -0.982. The molecular weight excluding hydrogens is 501 g/mol. The van der Waals surface area contributed by atoms with Gasteiger partial charge >= 0.3 is 6.09 Å². The summed E-state index contributed by atoms with van der Waals surface area (Å²) in [5.74, 6) is 0. The molecule has 1 heterocycles. The van der Waals surface area contributed by atoms with Crippen LogP contribution in [0.25, 0.3) is 0 Å². The van der Waals surface area contributed by atoms with Crippen LogP contribution >= 0.6 is 0 Å². The van der Waals surface area contributed by atoms with E-state index >= 15 is 0 Å². The average Bonchev–Trinajstić information content (AvgIpc) is 3.05. The van der Waals surface area contributed by atoms with Crippen LogP contribution in [0.3, 0.4) is 0 Å². The van der Waals surface area contributed by atoms with Gasteiger partial charge in [-0.25, -0.2) is 4.79 Å². The lowest BCUT2D eigenvalue weighted by Crippen LogP contribution is -2.82. The Balaban J connectivity index is 2.47. The van der Waals surface area contributed by atoms with Gasteiger partial charge in [0.05, 0.1) is 19.3 Å². The maximum Gasteiger partial charge on any atom is 0.410 e. The highest BCUT2D eigenvalue weighted by molar-refractivity contribution is 7.90. The Bertz CT molecular complexity index is 858. The molecule has 35 heavy (non-hydrogen) atoms. The number of hydrogen-bond acceptors (Lipinski definition) is 4. The molecule has 1 unspecified atom stereocenters. The number of likely N-dealkylation sites (tertiary alicyclic amines) is 1. The lowest BCUT2D eigenvalue weighted by Gasteiger charge is -2.56. The lowest BCUT2D eigenvalue weighted by molar-refractivity contribution is 0.00662. The van der Waals surface area contributed by atoms with E-state index < -0.39 is 35.0 Å². The molecule has 0 saturated carbocycles. The van der Waals surface area contributed by atoms with Crippen LogP contribution in [0.5, 0.6) is 0 Å². The smallest absolute Gasteiger partial charge is 0.410 e. The van der Waals surface area contributed by atoms with Crippen LogP contribution in [0.1, 0.15) is 26.3 Å². The molecular formula is C26H50N2O3Si4. The first-order valence-electron chi connectivity index (χ1n) is 12.9. The zero-order valence-electron chi connectivity index (χ0n) is 24.3. The van der Waals surface area contributed by atoms with Crippen molar-refractivity contribution in [3.8, 4) is 0 Å². The zero-order valence-corrected chi connectivity index (χ0v) is 28.3. The number of ether oxygens (including phenoxy) is 1. The monoisotopic (exact) mass is 550 g/mol. The van der Waals surface area contributed by atoms with E-state index in [2.05, 4.69) is 82.2 Å². The van der Waals surface area contributed by atoms with Crippen LogP contribution in [0, 0.1) is 0 Å². The summed E-state index contributed by atoms with van der Waals surface area (Å²) in [7, 11) is -4.48. The van der Waals surface area contributed by atoms with Crippen LogP contribution in [0.15, 0.2) is 41.6 Å². The normalized spacial score (nSPS) is 19.4. The number of carbonyl (C=O) groups excluding carboxylic acids is 1. The third kappa shape index (κ3) is 7.29. The van der Waals surface area contributed by atoms with E-state index in [1.165, 1.54) is 5.57 Å². The number of rotatable bonds is 8. The minimum atomic E-state index is -1.74. The first-order chi connectivity index (χ1) is 15.8. The summed E-state index contributed by atoms with van der Waals surface area (Å²) in [6, 6.07) is 10.2. The SMILES string of the molecule is CC(C)(C)OC(=O)N1C/C(=C\[Si]([Si](C)(C)C)([Si](C)(C)C)[Si](C)(C)C)C(NOCc2ccccc2)C1. The molecule has 2 rings (SSSR count). The van der Waals surface area contributed by atoms with E-state index in [1.807, 2.05) is 43.9 Å². The molecule has 0 radical (unpaired) electrons. The summed E-state index contributed by atoms with van der Waals surface area (Å²) >= 11 is 0. The molecule has 1 fully saturated rings. The molecule has 0 aromatic heterocycles. The highest BCUT2D eigenvalue weighted by Crippen LogP contribution is 2.39. The zero-order chi connectivity index (χ0) is 26.9. The third-order valence-electron chi connectivity index (χ3n) is 7.13. The molecule has 198 valence electrons. The first-order valence-corrected chi connectivity index (χ1v) is 28.5. The first kappa shape index (κ1) is 30.2. The number of nitrogens with one attached hydrogen (secondary N) is 1. The van der Waals surface area contributed by atoms with Crippen molar-refractivity contribution in [3.05, 3.63) is 47.2 Å². The summed E-state index contributed by atoms with van der Waals surface area (Å²) in [6.07, 6.45) is -0.239. The van der Waals surface area contributed by atoms with E-state index in [-0.39, 0.29) is 12.1 Å². The Labute approximate surface area is 218 Å². The molecule has 1 aromatic carbocycles. The van der Waals surface area contributed by atoms with Crippen LogP contribution < -0.4 is 5.48 Å². The Morgan fingerprint density at radius 1 is 0.971 bits per heavy atom. The molecule has 0 bridgehead atoms. The molecule has 9 heteroatoms. The predicted molar refractivity (Wildman–Crippen MR) is 160 cm³/mol. The van der Waals surface area contributed by atoms with Gasteiger partial charge in [0.2, 0.25) is 0 Å². The molecule has 1 N–H and O–H groups in total. The fourth-order valence-electron chi connectivity index (χ4n) is 6.56. The summed E-state index contributed by atoms with van der Waals surface area (Å²) in [4.78, 5) is 20.9. The van der Waals surface area contributed by atoms with Crippen molar-refractivity contribution in [1.82, 2.24) is 10.4 Å². The number of amides is 1. The van der Waals surface area contributed by atoms with Gasteiger partial charge in [0.15, 0.2) is 0 Å². The van der Waals surface area contributed by atoms with E-state index in [9.17, 15) is 4.79 Å². The summed E-state index contributed by atoms with van der Waals surface area (Å²) < 4.78 is 5.75. The Morgan fingerprint density at radius 3 is 1.94 bits per heavy atom. The van der Waals surface area contributed by atoms with Gasteiger partial charge in [-0.15, -0.1) is 0 Å². The van der Waals surface area contributed by atoms with E-state index in [0.717, 1.165) is 5.56 Å². The second kappa shape index (κ2) is 10.8. The number of benzene rings is 1. The van der Waals surface area contributed by atoms with Gasteiger partial charge in [0, 0.05) is 35.9 Å². The highest BCUT2D eigenvalue weighted by atomic mass is 29.9. The van der Waals surface area contributed by atoms with Crippen molar-refractivity contribution in [2.24, 2.45) is 0 Å². The molecule has 5 nitrogen and oxygen atoms in total. The van der Waals surface area contributed by atoms with Crippen LogP contribution in [-0.2, 0) is 16.2 Å². The molecule has 0 spiro atoms. The predicted octanol–water partition coefficient (Wildman–Crippen LogP) is 6.49. The van der Waals surface area contributed by atoms with Crippen molar-refractivity contribution in [2.75, 3.05) is 13.1 Å². The molecule has 0 aliphatic carbocycles. The maximum absolute atomic E-state index is 13.0. The van der Waals surface area contributed by atoms with Crippen molar-refractivity contribution >= 4 is 35.5 Å². The minimum absolute atomic E-state index is 0.0119. The van der Waals surface area contributed by atoms with Crippen LogP contribution in [0.2, 0.25) is 58.9 Å². The van der Waals surface area contributed by atoms with Gasteiger partial charge < -0.3 is 9.64 Å². The lowest BCUT2D eigenvalue weighted by atomic mass is 10.2. The summed E-state index contributed by atoms with van der Waals surface area (Å²) in [5, 5.41) is 0. The van der Waals surface area contributed by atoms with Gasteiger partial charge in [-0.3, -0.25) is 4.84 Å². The third-order valence-corrected chi connectivity index (χ3v) is 78.1. The van der Waals surface area contributed by atoms with E-state index in [4.69, 9.17) is 9.57 Å². The number of hydrogen-bond donors (Lipinski definition) is 1. The topological polar surface area (TPSA) is 50.8 Å². The fourth-order valence-corrected chi connectivity index (χ4v) is 102. The molecule has 1 aliphatic rings. The van der Waals surface area contributed by atoms with E-state index in [0.29, 0.717) is 19.7 Å². The van der Waals surface area contributed by atoms with Crippen molar-refractivity contribution in [1.29, 1.82) is 0 Å². The molecule has 1 saturated heterocycles. The number of hydroxylamine groups is 1. The van der Waals surface area contributed by atoms with Gasteiger partial charge in [0.25, 0.3) is 0 Å². The maximum atomic E-state index is 13.0. The van der Waals surface area contributed by atoms with Crippen LogP contribution in [-0.4, -0.2) is 65.1 Å². The Morgan fingerprint density at radius 2 is 1.49 bits per heavy atom. The van der Waals surface area contributed by atoms with Crippen molar-refractivity contribution in [2.45, 2.75) is 97.9 Å². The highest BCUT2D eigenvalue weighted by Gasteiger charge is 2.60. The van der Waals surface area contributed by atoms with Crippen LogP contribution in [0.4, 0.5) is 4.79 Å². The Kier molecular flexibility index (Phi) is 9.32. The fraction of sp³-hybridized carbons (Fsp3) is 0.654. The molecule has 1 amide bonds. The van der Waals surface area contributed by atoms with Crippen molar-refractivity contribution < 1.29 is 14.4 Å². The minimum Gasteiger partial charge on any atom is -0.444 e. The quantitative estimate of drug-likeness (QED) is 0.297. The van der Waals surface area contributed by atoms with Gasteiger partial charge in [-0.2, -0.15) is 5.48 Å². The van der Waals surface area contributed by atoms with Crippen molar-refractivity contribution in [3.63, 3.8) is 0 Å². The average molecular weight is 551 g/mol. The second-order valence-electron chi connectivity index (χ2n) is 14.1. The molecule has 1 aromatic rings. The second-order valence-corrected chi connectivity index (χ2v) is 54.6. The van der Waals surface area contributed by atoms with Gasteiger partial charge in [-0.05, 0) is 31.9 Å². The molecule has 1 atom stereocenters. The molecule has 1 aliphatic heterocycles. The number of carbonyl (C=O) groups is 1. The largest absolute Gasteiger partial charge is 0.444 e. The standard InChI is InChI=1S/C26H50N2O3Si4/c1-26(2,3)31-25(29)28-18-23(24(19-28)27-30-20-22-16-14-13-15-17-22)21-35(32(4,5)6,33(7,8)9)34(10,11)12/h13-17,21,24,27H,18-20H2,1-12H3/b23-21+. The van der Waals surface area contributed by atoms with Gasteiger partial charge in [-0.1, -0.05) is 95.0 Å². The van der Waals surface area contributed by atoms with Gasteiger partial charge in [0.1, 0.15) is 5.60 Å². The van der Waals surface area contributed by atoms with E-state index in [1.54, 1.807) is 0 Å². The summed E-state index contributed by atoms with van der Waals surface area (Å²) in [6.45, 7) is 29.1. The number of nitrogens with zero attached hydrogens (tertiary/aromatic N) is 1. The summed E-state index contributed by atoms with van der Waals surface area (Å²) in [5.41, 5.74) is 8.09.